The molecule has 1 unspecified atom stereocenters. The van der Waals surface area contributed by atoms with E-state index >= 15 is 0 Å². The van der Waals surface area contributed by atoms with E-state index in [1.807, 2.05) is 0 Å². The van der Waals surface area contributed by atoms with Gasteiger partial charge in [0, 0.05) is 12.5 Å². The van der Waals surface area contributed by atoms with E-state index in [1.54, 1.807) is 0 Å². The van der Waals surface area contributed by atoms with Crippen molar-refractivity contribution >= 4 is 0 Å². The van der Waals surface area contributed by atoms with E-state index in [9.17, 15) is 8.78 Å². The smallest absolute Gasteiger partial charge is 0.246 e. The van der Waals surface area contributed by atoms with Crippen molar-refractivity contribution < 1.29 is 8.78 Å². The SMILES string of the molecule is CC(F)(F)CC1CCN1. The van der Waals surface area contributed by atoms with Crippen LogP contribution in [0.3, 0.4) is 0 Å². The Morgan fingerprint density at radius 2 is 2.22 bits per heavy atom. The largest absolute Gasteiger partial charge is 0.314 e. The van der Waals surface area contributed by atoms with E-state index in [0.29, 0.717) is 0 Å². The summed E-state index contributed by atoms with van der Waals surface area (Å²) in [4.78, 5) is 0. The molecule has 54 valence electrons. The molecule has 0 amide bonds. The Kier molecular flexibility index (Phi) is 1.70. The van der Waals surface area contributed by atoms with Crippen LogP contribution in [0.5, 0.6) is 0 Å². The van der Waals surface area contributed by atoms with Gasteiger partial charge in [0.1, 0.15) is 0 Å². The van der Waals surface area contributed by atoms with Crippen LogP contribution in [0.15, 0.2) is 0 Å². The molecular formula is C6H11F2N. The topological polar surface area (TPSA) is 12.0 Å². The average molecular weight is 135 g/mol. The molecule has 1 nitrogen and oxygen atoms in total. The van der Waals surface area contributed by atoms with Crippen LogP contribution in [-0.2, 0) is 0 Å². The highest BCUT2D eigenvalue weighted by atomic mass is 19.3. The van der Waals surface area contributed by atoms with E-state index < -0.39 is 5.92 Å². The van der Waals surface area contributed by atoms with Gasteiger partial charge in [-0.1, -0.05) is 0 Å². The van der Waals surface area contributed by atoms with Crippen LogP contribution >= 0.6 is 0 Å². The van der Waals surface area contributed by atoms with Crippen LogP contribution < -0.4 is 5.32 Å². The molecule has 1 heterocycles. The molecule has 0 bridgehead atoms. The van der Waals surface area contributed by atoms with Crippen molar-refractivity contribution in [1.29, 1.82) is 0 Å². The van der Waals surface area contributed by atoms with Gasteiger partial charge in [-0.05, 0) is 19.9 Å². The maximum Gasteiger partial charge on any atom is 0.246 e. The molecule has 1 fully saturated rings. The summed E-state index contributed by atoms with van der Waals surface area (Å²) in [6, 6.07) is 0.0741. The summed E-state index contributed by atoms with van der Waals surface area (Å²) >= 11 is 0. The summed E-state index contributed by atoms with van der Waals surface area (Å²) in [6.45, 7) is 1.87. The lowest BCUT2D eigenvalue weighted by atomic mass is 10.0. The van der Waals surface area contributed by atoms with Gasteiger partial charge < -0.3 is 5.32 Å². The molecule has 0 aromatic heterocycles. The van der Waals surface area contributed by atoms with Gasteiger partial charge in [0.25, 0.3) is 0 Å². The van der Waals surface area contributed by atoms with E-state index in [0.717, 1.165) is 19.9 Å². The molecule has 1 aliphatic heterocycles. The van der Waals surface area contributed by atoms with Crippen LogP contribution in [-0.4, -0.2) is 18.5 Å². The zero-order chi connectivity index (χ0) is 6.91. The van der Waals surface area contributed by atoms with E-state index in [4.69, 9.17) is 0 Å². The highest BCUT2D eigenvalue weighted by Gasteiger charge is 2.29. The van der Waals surface area contributed by atoms with Gasteiger partial charge in [-0.25, -0.2) is 8.78 Å². The fourth-order valence-electron chi connectivity index (χ4n) is 0.955. The van der Waals surface area contributed by atoms with Gasteiger partial charge in [0.15, 0.2) is 0 Å². The summed E-state index contributed by atoms with van der Waals surface area (Å²) < 4.78 is 24.3. The third-order valence-electron chi connectivity index (χ3n) is 1.53. The lowest BCUT2D eigenvalue weighted by molar-refractivity contribution is -0.00445. The maximum absolute atomic E-state index is 12.2. The summed E-state index contributed by atoms with van der Waals surface area (Å²) in [6.07, 6.45) is 0.899. The van der Waals surface area contributed by atoms with Gasteiger partial charge in [0.05, 0.1) is 0 Å². The number of rotatable bonds is 2. The Bertz CT molecular complexity index is 93.7. The van der Waals surface area contributed by atoms with Crippen molar-refractivity contribution in [3.63, 3.8) is 0 Å². The molecule has 0 spiro atoms. The second-order valence-electron chi connectivity index (χ2n) is 2.71. The summed E-state index contributed by atoms with van der Waals surface area (Å²) in [5.74, 6) is -2.49. The molecule has 0 aliphatic carbocycles. The normalized spacial score (nSPS) is 27.7. The van der Waals surface area contributed by atoms with Gasteiger partial charge in [0.2, 0.25) is 5.92 Å². The molecule has 1 saturated heterocycles. The van der Waals surface area contributed by atoms with Gasteiger partial charge >= 0.3 is 0 Å². The van der Waals surface area contributed by atoms with Crippen molar-refractivity contribution in [3.8, 4) is 0 Å². The lowest BCUT2D eigenvalue weighted by Gasteiger charge is -2.29. The Balaban J connectivity index is 2.16. The van der Waals surface area contributed by atoms with E-state index in [-0.39, 0.29) is 12.5 Å². The molecule has 9 heavy (non-hydrogen) atoms. The summed E-state index contributed by atoms with van der Waals surface area (Å²) in [5, 5.41) is 2.92. The molecule has 0 aromatic rings. The fourth-order valence-corrected chi connectivity index (χ4v) is 0.955. The second-order valence-corrected chi connectivity index (χ2v) is 2.71. The Labute approximate surface area is 53.4 Å². The van der Waals surface area contributed by atoms with Gasteiger partial charge in [-0.3, -0.25) is 0 Å². The number of halogens is 2. The molecule has 1 atom stereocenters. The third-order valence-corrected chi connectivity index (χ3v) is 1.53. The second kappa shape index (κ2) is 2.21. The molecular weight excluding hydrogens is 124 g/mol. The molecule has 1 rings (SSSR count). The van der Waals surface area contributed by atoms with Crippen LogP contribution in [0, 0.1) is 0 Å². The van der Waals surface area contributed by atoms with Crippen molar-refractivity contribution in [2.75, 3.05) is 6.54 Å². The van der Waals surface area contributed by atoms with Gasteiger partial charge in [-0.15, -0.1) is 0 Å². The van der Waals surface area contributed by atoms with Crippen LogP contribution in [0.2, 0.25) is 0 Å². The quantitative estimate of drug-likeness (QED) is 0.603. The van der Waals surface area contributed by atoms with Crippen molar-refractivity contribution in [3.05, 3.63) is 0 Å². The number of hydrogen-bond donors (Lipinski definition) is 1. The average Bonchev–Trinajstić information content (AvgIpc) is 1.53. The van der Waals surface area contributed by atoms with Gasteiger partial charge in [-0.2, -0.15) is 0 Å². The molecule has 0 radical (unpaired) electrons. The molecule has 1 aliphatic rings. The molecule has 0 aromatic carbocycles. The first kappa shape index (κ1) is 6.93. The highest BCUT2D eigenvalue weighted by molar-refractivity contribution is 4.81. The lowest BCUT2D eigenvalue weighted by Crippen LogP contribution is -2.45. The highest BCUT2D eigenvalue weighted by Crippen LogP contribution is 2.22. The molecule has 1 N–H and O–H groups in total. The number of alkyl halides is 2. The first-order chi connectivity index (χ1) is 4.08. The predicted molar refractivity (Wildman–Crippen MR) is 31.6 cm³/mol. The van der Waals surface area contributed by atoms with Crippen molar-refractivity contribution in [2.24, 2.45) is 0 Å². The molecule has 0 saturated carbocycles. The Hall–Kier alpha value is -0.180. The van der Waals surface area contributed by atoms with E-state index in [2.05, 4.69) is 5.32 Å². The number of nitrogens with one attached hydrogen (secondary N) is 1. The van der Waals surface area contributed by atoms with E-state index in [1.165, 1.54) is 0 Å². The minimum Gasteiger partial charge on any atom is -0.314 e. The predicted octanol–water partition coefficient (Wildman–Crippen LogP) is 1.39. The zero-order valence-electron chi connectivity index (χ0n) is 5.45. The minimum absolute atomic E-state index is 0.00694. The first-order valence-electron chi connectivity index (χ1n) is 3.19. The summed E-state index contributed by atoms with van der Waals surface area (Å²) in [5.41, 5.74) is 0. The Morgan fingerprint density at radius 3 is 2.33 bits per heavy atom. The van der Waals surface area contributed by atoms with Crippen LogP contribution in [0.4, 0.5) is 8.78 Å². The first-order valence-corrected chi connectivity index (χ1v) is 3.19. The molecule has 3 heteroatoms. The van der Waals surface area contributed by atoms with Crippen molar-refractivity contribution in [2.45, 2.75) is 31.7 Å². The monoisotopic (exact) mass is 135 g/mol. The maximum atomic E-state index is 12.2. The van der Waals surface area contributed by atoms with Crippen molar-refractivity contribution in [1.82, 2.24) is 5.32 Å². The number of hydrogen-bond acceptors (Lipinski definition) is 1. The summed E-state index contributed by atoms with van der Waals surface area (Å²) in [7, 11) is 0. The van der Waals surface area contributed by atoms with Crippen LogP contribution in [0.25, 0.3) is 0 Å². The third kappa shape index (κ3) is 2.26. The Morgan fingerprint density at radius 1 is 1.67 bits per heavy atom. The minimum atomic E-state index is -2.49. The fraction of sp³-hybridized carbons (Fsp3) is 1.00. The van der Waals surface area contributed by atoms with Crippen LogP contribution in [0.1, 0.15) is 19.8 Å². The zero-order valence-corrected chi connectivity index (χ0v) is 5.45. The standard InChI is InChI=1S/C6H11F2N/c1-6(7,8)4-5-2-3-9-5/h5,9H,2-4H2,1H3.